The molecule has 0 saturated carbocycles. The van der Waals surface area contributed by atoms with Crippen LogP contribution in [0, 0.1) is 0 Å². The van der Waals surface area contributed by atoms with Crippen molar-refractivity contribution in [2.45, 2.75) is 30.5 Å². The lowest BCUT2D eigenvalue weighted by molar-refractivity contribution is -0.137. The van der Waals surface area contributed by atoms with Gasteiger partial charge >= 0.3 is 6.18 Å². The largest absolute Gasteiger partial charge is 0.399 e. The van der Waals surface area contributed by atoms with Gasteiger partial charge in [-0.3, -0.25) is 0 Å². The summed E-state index contributed by atoms with van der Waals surface area (Å²) in [6.45, 7) is 1.15. The number of halogens is 4. The van der Waals surface area contributed by atoms with Crippen molar-refractivity contribution in [2.75, 3.05) is 5.73 Å². The fourth-order valence-electron chi connectivity index (χ4n) is 1.45. The molecule has 0 aliphatic carbocycles. The maximum absolute atomic E-state index is 12.2. The molecule has 1 atom stereocenters. The van der Waals surface area contributed by atoms with Gasteiger partial charge in [-0.05, 0) is 41.1 Å². The van der Waals surface area contributed by atoms with Gasteiger partial charge in [-0.15, -0.1) is 0 Å². The molecular weight excluding hydrogens is 349 g/mol. The van der Waals surface area contributed by atoms with E-state index in [0.717, 1.165) is 6.92 Å². The summed E-state index contributed by atoms with van der Waals surface area (Å²) in [5.41, 5.74) is 5.80. The molecule has 0 aliphatic rings. The Labute approximate surface area is 117 Å². The Morgan fingerprint density at radius 2 is 2.00 bits per heavy atom. The van der Waals surface area contributed by atoms with Crippen molar-refractivity contribution in [3.8, 4) is 0 Å². The Hall–Kier alpha value is -0.800. The number of alkyl halides is 3. The van der Waals surface area contributed by atoms with Crippen molar-refractivity contribution in [1.82, 2.24) is 4.72 Å². The third-order valence-corrected chi connectivity index (χ3v) is 4.71. The van der Waals surface area contributed by atoms with Crippen molar-refractivity contribution in [1.29, 1.82) is 0 Å². The molecule has 0 spiro atoms. The van der Waals surface area contributed by atoms with Crippen molar-refractivity contribution < 1.29 is 21.6 Å². The van der Waals surface area contributed by atoms with Crippen molar-refractivity contribution in [3.05, 3.63) is 22.7 Å². The molecule has 0 saturated heterocycles. The zero-order chi connectivity index (χ0) is 14.8. The minimum absolute atomic E-state index is 0.157. The summed E-state index contributed by atoms with van der Waals surface area (Å²) in [7, 11) is -4.03. The highest BCUT2D eigenvalue weighted by Gasteiger charge is 2.32. The molecule has 1 aromatic carbocycles. The van der Waals surface area contributed by atoms with Crippen molar-refractivity contribution in [2.24, 2.45) is 0 Å². The van der Waals surface area contributed by atoms with Crippen LogP contribution in [0.15, 0.2) is 27.6 Å². The first kappa shape index (κ1) is 16.3. The molecule has 1 aromatic rings. The SMILES string of the molecule is CC(CC(F)(F)F)NS(=O)(=O)c1ccc(N)cc1Br. The lowest BCUT2D eigenvalue weighted by Crippen LogP contribution is -2.36. The van der Waals surface area contributed by atoms with Crippen LogP contribution in [-0.2, 0) is 10.0 Å². The molecule has 0 bridgehead atoms. The Bertz CT molecular complexity index is 560. The van der Waals surface area contributed by atoms with Crippen LogP contribution in [0.5, 0.6) is 0 Å². The van der Waals surface area contributed by atoms with E-state index in [4.69, 9.17) is 5.73 Å². The van der Waals surface area contributed by atoms with Gasteiger partial charge in [-0.1, -0.05) is 0 Å². The van der Waals surface area contributed by atoms with Gasteiger partial charge in [0.1, 0.15) is 0 Å². The summed E-state index contributed by atoms with van der Waals surface area (Å²) >= 11 is 3.01. The summed E-state index contributed by atoms with van der Waals surface area (Å²) in [6.07, 6.45) is -5.67. The number of hydrogen-bond acceptors (Lipinski definition) is 3. The molecule has 0 fully saturated rings. The topological polar surface area (TPSA) is 72.2 Å². The molecule has 1 rings (SSSR count). The fourth-order valence-corrected chi connectivity index (χ4v) is 3.79. The number of anilines is 1. The molecule has 0 amide bonds. The van der Waals surface area contributed by atoms with Gasteiger partial charge in [0.25, 0.3) is 0 Å². The highest BCUT2D eigenvalue weighted by Crippen LogP contribution is 2.26. The Morgan fingerprint density at radius 3 is 2.47 bits per heavy atom. The van der Waals surface area contributed by atoms with Gasteiger partial charge in [0.05, 0.1) is 11.3 Å². The van der Waals surface area contributed by atoms with E-state index in [1.165, 1.54) is 18.2 Å². The van der Waals surface area contributed by atoms with E-state index in [-0.39, 0.29) is 9.37 Å². The van der Waals surface area contributed by atoms with Crippen LogP contribution < -0.4 is 10.5 Å². The maximum Gasteiger partial charge on any atom is 0.390 e. The van der Waals surface area contributed by atoms with E-state index >= 15 is 0 Å². The maximum atomic E-state index is 12.2. The predicted octanol–water partition coefficient (Wildman–Crippen LogP) is 2.65. The van der Waals surface area contributed by atoms with Crippen molar-refractivity contribution in [3.63, 3.8) is 0 Å². The number of nitrogens with one attached hydrogen (secondary N) is 1. The highest BCUT2D eigenvalue weighted by atomic mass is 79.9. The van der Waals surface area contributed by atoms with Crippen molar-refractivity contribution >= 4 is 31.6 Å². The summed E-state index contributed by atoms with van der Waals surface area (Å²) in [5.74, 6) is 0. The van der Waals surface area contributed by atoms with Gasteiger partial charge in [0, 0.05) is 16.2 Å². The average molecular weight is 361 g/mol. The van der Waals surface area contributed by atoms with E-state index in [0.29, 0.717) is 5.69 Å². The molecular formula is C10H12BrF3N2O2S. The zero-order valence-electron chi connectivity index (χ0n) is 9.83. The zero-order valence-corrected chi connectivity index (χ0v) is 12.2. The number of hydrogen-bond donors (Lipinski definition) is 2. The van der Waals surface area contributed by atoms with Crippen LogP contribution in [0.3, 0.4) is 0 Å². The van der Waals surface area contributed by atoms with E-state index in [9.17, 15) is 21.6 Å². The lowest BCUT2D eigenvalue weighted by Gasteiger charge is -2.16. The summed E-state index contributed by atoms with van der Waals surface area (Å²) in [4.78, 5) is -0.157. The molecule has 19 heavy (non-hydrogen) atoms. The molecule has 3 N–H and O–H groups in total. The second kappa shape index (κ2) is 5.68. The van der Waals surface area contributed by atoms with Crippen LogP contribution in [0.1, 0.15) is 13.3 Å². The molecule has 1 unspecified atom stereocenters. The summed E-state index contributed by atoms with van der Waals surface area (Å²) in [6, 6.07) is 2.69. The number of nitrogen functional groups attached to an aromatic ring is 1. The van der Waals surface area contributed by atoms with Gasteiger partial charge in [0.2, 0.25) is 10.0 Å². The minimum atomic E-state index is -4.43. The van der Waals surface area contributed by atoms with Gasteiger partial charge in [-0.2, -0.15) is 13.2 Å². The Morgan fingerprint density at radius 1 is 1.42 bits per heavy atom. The van der Waals surface area contributed by atoms with E-state index in [1.807, 2.05) is 4.72 Å². The van der Waals surface area contributed by atoms with E-state index < -0.39 is 28.7 Å². The smallest absolute Gasteiger partial charge is 0.390 e. The monoisotopic (exact) mass is 360 g/mol. The standard InChI is InChI=1S/C10H12BrF3N2O2S/c1-6(5-10(12,13)14)16-19(17,18)9-3-2-7(15)4-8(9)11/h2-4,6,16H,5,15H2,1H3. The van der Waals surface area contributed by atoms with Gasteiger partial charge in [-0.25, -0.2) is 13.1 Å². The summed E-state index contributed by atoms with van der Waals surface area (Å²) in [5, 5.41) is 0. The van der Waals surface area contributed by atoms with Gasteiger partial charge in [0.15, 0.2) is 0 Å². The third kappa shape index (κ3) is 5.00. The molecule has 0 heterocycles. The lowest BCUT2D eigenvalue weighted by atomic mass is 10.2. The summed E-state index contributed by atoms with van der Waals surface area (Å²) < 4.78 is 62.5. The Balaban J connectivity index is 2.93. The molecule has 0 aliphatic heterocycles. The molecule has 0 aromatic heterocycles. The first-order valence-corrected chi connectivity index (χ1v) is 7.43. The average Bonchev–Trinajstić information content (AvgIpc) is 2.11. The fraction of sp³-hybridized carbons (Fsp3) is 0.400. The number of sulfonamides is 1. The normalized spacial score (nSPS) is 14.4. The molecule has 0 radical (unpaired) electrons. The first-order valence-electron chi connectivity index (χ1n) is 5.15. The first-order chi connectivity index (χ1) is 8.51. The van der Waals surface area contributed by atoms with E-state index in [1.54, 1.807) is 0 Å². The van der Waals surface area contributed by atoms with Crippen LogP contribution in [0.25, 0.3) is 0 Å². The van der Waals surface area contributed by atoms with Crippen LogP contribution in [-0.4, -0.2) is 20.6 Å². The quantitative estimate of drug-likeness (QED) is 0.810. The third-order valence-electron chi connectivity index (χ3n) is 2.14. The number of nitrogens with two attached hydrogens (primary N) is 1. The molecule has 108 valence electrons. The molecule has 9 heteroatoms. The van der Waals surface area contributed by atoms with E-state index in [2.05, 4.69) is 15.9 Å². The number of benzene rings is 1. The Kier molecular flexibility index (Phi) is 4.86. The van der Waals surface area contributed by atoms with Crippen LogP contribution >= 0.6 is 15.9 Å². The predicted molar refractivity (Wildman–Crippen MR) is 69.0 cm³/mol. The van der Waals surface area contributed by atoms with Gasteiger partial charge < -0.3 is 5.73 Å². The van der Waals surface area contributed by atoms with Crippen LogP contribution in [0.4, 0.5) is 18.9 Å². The second-order valence-electron chi connectivity index (χ2n) is 4.03. The number of rotatable bonds is 4. The van der Waals surface area contributed by atoms with Crippen LogP contribution in [0.2, 0.25) is 0 Å². The minimum Gasteiger partial charge on any atom is -0.399 e. The molecule has 4 nitrogen and oxygen atoms in total. The second-order valence-corrected chi connectivity index (χ2v) is 6.57. The highest BCUT2D eigenvalue weighted by molar-refractivity contribution is 9.10.